The van der Waals surface area contributed by atoms with E-state index in [1.54, 1.807) is 23.1 Å². The number of ether oxygens (including phenoxy) is 1. The van der Waals surface area contributed by atoms with Gasteiger partial charge in [0.05, 0.1) is 19.6 Å². The van der Waals surface area contributed by atoms with Gasteiger partial charge in [0.25, 0.3) is 0 Å². The van der Waals surface area contributed by atoms with E-state index in [0.29, 0.717) is 47.8 Å². The molecule has 6 nitrogen and oxygen atoms in total. The molecule has 1 aliphatic heterocycles. The van der Waals surface area contributed by atoms with Gasteiger partial charge in [-0.05, 0) is 18.2 Å². The quantitative estimate of drug-likeness (QED) is 0.904. The molecule has 2 heterocycles. The maximum Gasteiger partial charge on any atom is 0.352 e. The number of carbonyl (C=O) groups excluding carboxylic acids is 1. The first-order valence-electron chi connectivity index (χ1n) is 6.95. The molecule has 1 amide bonds. The van der Waals surface area contributed by atoms with E-state index in [-0.39, 0.29) is 18.0 Å². The summed E-state index contributed by atoms with van der Waals surface area (Å²) in [6.45, 7) is 2.09. The summed E-state index contributed by atoms with van der Waals surface area (Å²) in [4.78, 5) is 28.4. The van der Waals surface area contributed by atoms with Gasteiger partial charge in [0, 0.05) is 34.6 Å². The van der Waals surface area contributed by atoms with Crippen molar-refractivity contribution in [2.45, 2.75) is 6.42 Å². The number of rotatable bonds is 3. The zero-order chi connectivity index (χ0) is 15.7. The molecule has 116 valence electrons. The fourth-order valence-corrected chi connectivity index (χ4v) is 2.83. The molecule has 2 aromatic rings. The van der Waals surface area contributed by atoms with Crippen molar-refractivity contribution in [1.29, 1.82) is 0 Å². The van der Waals surface area contributed by atoms with E-state index in [1.807, 2.05) is 0 Å². The molecule has 0 spiro atoms. The van der Waals surface area contributed by atoms with Crippen LogP contribution in [0.25, 0.3) is 10.9 Å². The van der Waals surface area contributed by atoms with E-state index in [0.717, 1.165) is 0 Å². The van der Waals surface area contributed by atoms with E-state index in [1.165, 1.54) is 0 Å². The van der Waals surface area contributed by atoms with Crippen LogP contribution in [0.4, 0.5) is 0 Å². The predicted octanol–water partition coefficient (Wildman–Crippen LogP) is 1.92. The second-order valence-corrected chi connectivity index (χ2v) is 5.58. The van der Waals surface area contributed by atoms with Gasteiger partial charge in [0.2, 0.25) is 5.91 Å². The number of H-pyrrole nitrogens is 1. The standard InChI is InChI=1S/C15H15ClN2O4/c16-9-1-2-12-10(7-9)11(14(17-12)15(20)21)8-13(19)18-3-5-22-6-4-18/h1-2,7,17H,3-6,8H2,(H,20,21). The number of aromatic amines is 1. The summed E-state index contributed by atoms with van der Waals surface area (Å²) < 4.78 is 5.22. The molecule has 0 atom stereocenters. The van der Waals surface area contributed by atoms with Crippen LogP contribution in [0.3, 0.4) is 0 Å². The molecule has 0 saturated carbocycles. The van der Waals surface area contributed by atoms with Gasteiger partial charge in [0.1, 0.15) is 5.69 Å². The molecule has 1 aromatic carbocycles. The van der Waals surface area contributed by atoms with Gasteiger partial charge in [-0.2, -0.15) is 0 Å². The van der Waals surface area contributed by atoms with Crippen LogP contribution in [0.2, 0.25) is 5.02 Å². The minimum absolute atomic E-state index is 0.0297. The van der Waals surface area contributed by atoms with Crippen molar-refractivity contribution in [3.8, 4) is 0 Å². The third-order valence-corrected chi connectivity index (χ3v) is 4.01. The number of carboxylic acids is 1. The van der Waals surface area contributed by atoms with Crippen molar-refractivity contribution in [1.82, 2.24) is 9.88 Å². The molecule has 1 saturated heterocycles. The second kappa shape index (κ2) is 5.98. The predicted molar refractivity (Wildman–Crippen MR) is 81.4 cm³/mol. The minimum atomic E-state index is -1.09. The Labute approximate surface area is 131 Å². The highest BCUT2D eigenvalue weighted by Crippen LogP contribution is 2.26. The van der Waals surface area contributed by atoms with Crippen molar-refractivity contribution in [2.75, 3.05) is 26.3 Å². The molecule has 1 aromatic heterocycles. The van der Waals surface area contributed by atoms with Crippen LogP contribution < -0.4 is 0 Å². The Morgan fingerprint density at radius 1 is 1.32 bits per heavy atom. The second-order valence-electron chi connectivity index (χ2n) is 5.14. The summed E-state index contributed by atoms with van der Waals surface area (Å²) >= 11 is 5.99. The Balaban J connectivity index is 1.97. The molecule has 1 aliphatic rings. The normalized spacial score (nSPS) is 15.2. The molecule has 2 N–H and O–H groups in total. The lowest BCUT2D eigenvalue weighted by atomic mass is 10.1. The molecular weight excluding hydrogens is 308 g/mol. The summed E-state index contributed by atoms with van der Waals surface area (Å²) in [6.07, 6.45) is 0.0297. The molecular formula is C15H15ClN2O4. The molecule has 1 fully saturated rings. The van der Waals surface area contributed by atoms with Gasteiger partial charge >= 0.3 is 5.97 Å². The van der Waals surface area contributed by atoms with Gasteiger partial charge < -0.3 is 19.7 Å². The number of fused-ring (bicyclic) bond motifs is 1. The maximum absolute atomic E-state index is 12.4. The van der Waals surface area contributed by atoms with Gasteiger partial charge in [-0.25, -0.2) is 4.79 Å². The first kappa shape index (κ1) is 14.9. The Morgan fingerprint density at radius 3 is 2.73 bits per heavy atom. The SMILES string of the molecule is O=C(O)c1[nH]c2ccc(Cl)cc2c1CC(=O)N1CCOCC1. The molecule has 0 radical (unpaired) electrons. The molecule has 3 rings (SSSR count). The van der Waals surface area contributed by atoms with Gasteiger partial charge in [-0.3, -0.25) is 4.79 Å². The third-order valence-electron chi connectivity index (χ3n) is 3.77. The van der Waals surface area contributed by atoms with Crippen LogP contribution in [0.5, 0.6) is 0 Å². The Morgan fingerprint density at radius 2 is 2.05 bits per heavy atom. The van der Waals surface area contributed by atoms with Crippen molar-refractivity contribution in [3.05, 3.63) is 34.5 Å². The molecule has 0 unspecified atom stereocenters. The number of aromatic nitrogens is 1. The number of halogens is 1. The third kappa shape index (κ3) is 2.80. The van der Waals surface area contributed by atoms with Crippen LogP contribution >= 0.6 is 11.6 Å². The summed E-state index contributed by atoms with van der Waals surface area (Å²) in [6, 6.07) is 5.08. The van der Waals surface area contributed by atoms with E-state index in [9.17, 15) is 14.7 Å². The van der Waals surface area contributed by atoms with Crippen LogP contribution in [0.15, 0.2) is 18.2 Å². The molecule has 22 heavy (non-hydrogen) atoms. The molecule has 0 aliphatic carbocycles. The average molecular weight is 323 g/mol. The molecule has 0 bridgehead atoms. The number of aromatic carboxylic acids is 1. The van der Waals surface area contributed by atoms with Gasteiger partial charge in [-0.1, -0.05) is 11.6 Å². The fraction of sp³-hybridized carbons (Fsp3) is 0.333. The van der Waals surface area contributed by atoms with E-state index < -0.39 is 5.97 Å². The summed E-state index contributed by atoms with van der Waals surface area (Å²) in [5, 5.41) is 10.5. The Bertz CT molecular complexity index is 734. The zero-order valence-corrected chi connectivity index (χ0v) is 12.5. The maximum atomic E-state index is 12.4. The highest BCUT2D eigenvalue weighted by atomic mass is 35.5. The summed E-state index contributed by atoms with van der Waals surface area (Å²) in [5.41, 5.74) is 1.17. The number of morpholine rings is 1. The van der Waals surface area contributed by atoms with Gasteiger partial charge in [-0.15, -0.1) is 0 Å². The smallest absolute Gasteiger partial charge is 0.352 e. The van der Waals surface area contributed by atoms with Crippen LogP contribution in [-0.2, 0) is 16.0 Å². The monoisotopic (exact) mass is 322 g/mol. The summed E-state index contributed by atoms with van der Waals surface area (Å²) in [5.74, 6) is -1.19. The number of amides is 1. The van der Waals surface area contributed by atoms with Gasteiger partial charge in [0.15, 0.2) is 0 Å². The lowest BCUT2D eigenvalue weighted by molar-refractivity contribution is -0.134. The van der Waals surface area contributed by atoms with Crippen molar-refractivity contribution in [2.24, 2.45) is 0 Å². The van der Waals surface area contributed by atoms with Crippen molar-refractivity contribution in [3.63, 3.8) is 0 Å². The van der Waals surface area contributed by atoms with Crippen LogP contribution in [-0.4, -0.2) is 53.2 Å². The topological polar surface area (TPSA) is 82.6 Å². The number of carbonyl (C=O) groups is 2. The lowest BCUT2D eigenvalue weighted by Gasteiger charge is -2.26. The summed E-state index contributed by atoms with van der Waals surface area (Å²) in [7, 11) is 0. The zero-order valence-electron chi connectivity index (χ0n) is 11.8. The van der Waals surface area contributed by atoms with Crippen molar-refractivity contribution < 1.29 is 19.4 Å². The van der Waals surface area contributed by atoms with E-state index in [2.05, 4.69) is 4.98 Å². The van der Waals surface area contributed by atoms with Crippen LogP contribution in [0, 0.1) is 0 Å². The van der Waals surface area contributed by atoms with Crippen LogP contribution in [0.1, 0.15) is 16.1 Å². The number of nitrogens with one attached hydrogen (secondary N) is 1. The lowest BCUT2D eigenvalue weighted by Crippen LogP contribution is -2.41. The molecule has 7 heteroatoms. The largest absolute Gasteiger partial charge is 0.477 e. The first-order valence-corrected chi connectivity index (χ1v) is 7.33. The Hall–Kier alpha value is -2.05. The number of hydrogen-bond acceptors (Lipinski definition) is 3. The van der Waals surface area contributed by atoms with E-state index in [4.69, 9.17) is 16.3 Å². The number of carboxylic acid groups (broad SMARTS) is 1. The number of benzene rings is 1. The number of nitrogens with zero attached hydrogens (tertiary/aromatic N) is 1. The number of hydrogen-bond donors (Lipinski definition) is 2. The van der Waals surface area contributed by atoms with Crippen molar-refractivity contribution >= 4 is 34.4 Å². The Kier molecular flexibility index (Phi) is 4.04. The first-order chi connectivity index (χ1) is 10.6. The fourth-order valence-electron chi connectivity index (χ4n) is 2.66. The highest BCUT2D eigenvalue weighted by Gasteiger charge is 2.23. The average Bonchev–Trinajstić information content (AvgIpc) is 2.86. The van der Waals surface area contributed by atoms with E-state index >= 15 is 0 Å². The highest BCUT2D eigenvalue weighted by molar-refractivity contribution is 6.31. The minimum Gasteiger partial charge on any atom is -0.477 e.